The molecule has 6 heteroatoms. The van der Waals surface area contributed by atoms with Crippen molar-refractivity contribution in [1.29, 1.82) is 0 Å². The molecule has 0 bridgehead atoms. The number of methoxy groups -OCH3 is 1. The summed E-state index contributed by atoms with van der Waals surface area (Å²) in [4.78, 5) is 25.7. The quantitative estimate of drug-likeness (QED) is 0.574. The fourth-order valence-electron chi connectivity index (χ4n) is 3.20. The highest BCUT2D eigenvalue weighted by molar-refractivity contribution is 5.91. The summed E-state index contributed by atoms with van der Waals surface area (Å²) < 4.78 is 5.16. The van der Waals surface area contributed by atoms with E-state index in [2.05, 4.69) is 24.5 Å². The van der Waals surface area contributed by atoms with Crippen LogP contribution in [0.15, 0.2) is 54.6 Å². The first-order valence-electron chi connectivity index (χ1n) is 9.97. The van der Waals surface area contributed by atoms with Gasteiger partial charge in [-0.2, -0.15) is 0 Å². The zero-order chi connectivity index (χ0) is 21.2. The van der Waals surface area contributed by atoms with Crippen LogP contribution < -0.4 is 20.3 Å². The van der Waals surface area contributed by atoms with Crippen molar-refractivity contribution in [2.75, 3.05) is 32.6 Å². The molecule has 3 N–H and O–H groups in total. The molecule has 0 aliphatic heterocycles. The number of amides is 2. The fourth-order valence-corrected chi connectivity index (χ4v) is 3.20. The zero-order valence-corrected chi connectivity index (χ0v) is 17.7. The molecule has 2 aromatic carbocycles. The van der Waals surface area contributed by atoms with Crippen LogP contribution in [0.3, 0.4) is 0 Å². The number of anilines is 1. The van der Waals surface area contributed by atoms with Gasteiger partial charge in [-0.3, -0.25) is 9.59 Å². The Kier molecular flexibility index (Phi) is 8.68. The van der Waals surface area contributed by atoms with Crippen LogP contribution >= 0.6 is 0 Å². The topological polar surface area (TPSA) is 71.9 Å². The van der Waals surface area contributed by atoms with Gasteiger partial charge in [-0.15, -0.1) is 0 Å². The Balaban J connectivity index is 1.87. The van der Waals surface area contributed by atoms with Crippen LogP contribution in [0.4, 0.5) is 5.69 Å². The van der Waals surface area contributed by atoms with Crippen molar-refractivity contribution in [3.63, 3.8) is 0 Å². The minimum absolute atomic E-state index is 0.0258. The van der Waals surface area contributed by atoms with Gasteiger partial charge in [0.1, 0.15) is 5.75 Å². The molecule has 2 atom stereocenters. The summed E-state index contributed by atoms with van der Waals surface area (Å²) in [5.74, 6) is 0.927. The van der Waals surface area contributed by atoms with Crippen molar-refractivity contribution in [2.24, 2.45) is 5.92 Å². The molecule has 2 rings (SSSR count). The van der Waals surface area contributed by atoms with E-state index in [9.17, 15) is 9.59 Å². The second kappa shape index (κ2) is 11.2. The van der Waals surface area contributed by atoms with Crippen molar-refractivity contribution >= 4 is 17.5 Å². The molecule has 0 saturated carbocycles. The van der Waals surface area contributed by atoms with Gasteiger partial charge in [0.05, 0.1) is 20.2 Å². The summed E-state index contributed by atoms with van der Waals surface area (Å²) in [6.45, 7) is 4.71. The molecule has 0 saturated heterocycles. The van der Waals surface area contributed by atoms with E-state index < -0.39 is 0 Å². The van der Waals surface area contributed by atoms with E-state index in [1.807, 2.05) is 49.5 Å². The lowest BCUT2D eigenvalue weighted by atomic mass is 9.97. The fraction of sp³-hybridized carbons (Fsp3) is 0.391. The third-order valence-electron chi connectivity index (χ3n) is 4.52. The van der Waals surface area contributed by atoms with Crippen LogP contribution in [-0.2, 0) is 9.59 Å². The number of quaternary nitrogens is 1. The monoisotopic (exact) mass is 398 g/mol. The summed E-state index contributed by atoms with van der Waals surface area (Å²) in [6.07, 6.45) is 0.866. The molecule has 6 nitrogen and oxygen atoms in total. The van der Waals surface area contributed by atoms with Crippen LogP contribution in [-0.4, -0.2) is 39.1 Å². The number of ether oxygens (including phenoxy) is 1. The van der Waals surface area contributed by atoms with Gasteiger partial charge < -0.3 is 20.3 Å². The predicted molar refractivity (Wildman–Crippen MR) is 115 cm³/mol. The highest BCUT2D eigenvalue weighted by Crippen LogP contribution is 2.20. The summed E-state index contributed by atoms with van der Waals surface area (Å²) in [6, 6.07) is 17.2. The van der Waals surface area contributed by atoms with Crippen LogP contribution in [0.1, 0.15) is 31.9 Å². The molecule has 2 amide bonds. The third kappa shape index (κ3) is 7.95. The number of carbonyl (C=O) groups excluding carboxylic acids is 2. The van der Waals surface area contributed by atoms with Gasteiger partial charge in [-0.25, -0.2) is 0 Å². The van der Waals surface area contributed by atoms with E-state index in [1.165, 1.54) is 0 Å². The van der Waals surface area contributed by atoms with Gasteiger partial charge in [0.15, 0.2) is 13.1 Å². The highest BCUT2D eigenvalue weighted by atomic mass is 16.5. The van der Waals surface area contributed by atoms with Crippen molar-refractivity contribution in [3.05, 3.63) is 60.2 Å². The molecule has 0 heterocycles. The normalized spacial score (nSPS) is 12.9. The smallest absolute Gasteiger partial charge is 0.279 e. The minimum atomic E-state index is -0.148. The molecule has 1 unspecified atom stereocenters. The van der Waals surface area contributed by atoms with Gasteiger partial charge >= 0.3 is 0 Å². The standard InChI is InChI=1S/C23H31N3O3/c1-17(2)13-21(18-9-6-5-7-10-18)25-23(28)16-26(3)15-22(27)24-19-11-8-12-20(14-19)29-4/h5-12,14,17,21H,13,15-16H2,1-4H3,(H,24,27)(H,25,28)/p+1/t21-/m0/s1. The maximum atomic E-state index is 12.6. The number of nitrogens with one attached hydrogen (secondary N) is 3. The first kappa shape index (κ1) is 22.4. The largest absolute Gasteiger partial charge is 0.497 e. The Bertz CT molecular complexity index is 793. The van der Waals surface area contributed by atoms with Crippen molar-refractivity contribution in [1.82, 2.24) is 5.32 Å². The van der Waals surface area contributed by atoms with Crippen LogP contribution in [0.5, 0.6) is 5.75 Å². The lowest BCUT2D eigenvalue weighted by Crippen LogP contribution is -3.11. The maximum Gasteiger partial charge on any atom is 0.279 e. The SMILES string of the molecule is COc1cccc(NC(=O)C[NH+](C)CC(=O)N[C@@H](CC(C)C)c2ccccc2)c1. The molecule has 2 aromatic rings. The van der Waals surface area contributed by atoms with E-state index >= 15 is 0 Å². The molecule has 0 aromatic heterocycles. The van der Waals surface area contributed by atoms with Gasteiger partial charge in [-0.05, 0) is 30.0 Å². The Morgan fingerprint density at radius 3 is 2.34 bits per heavy atom. The number of likely N-dealkylation sites (N-methyl/N-ethyl adjacent to an activating group) is 1. The number of hydrogen-bond donors (Lipinski definition) is 3. The molecule has 29 heavy (non-hydrogen) atoms. The average Bonchev–Trinajstić information content (AvgIpc) is 2.67. The first-order chi connectivity index (χ1) is 13.9. The Hall–Kier alpha value is -2.86. The van der Waals surface area contributed by atoms with Gasteiger partial charge in [0.2, 0.25) is 0 Å². The van der Waals surface area contributed by atoms with Crippen LogP contribution in [0.25, 0.3) is 0 Å². The minimum Gasteiger partial charge on any atom is -0.497 e. The number of benzene rings is 2. The summed E-state index contributed by atoms with van der Waals surface area (Å²) in [5.41, 5.74) is 1.77. The maximum absolute atomic E-state index is 12.6. The molecular weight excluding hydrogens is 366 g/mol. The molecular formula is C23H32N3O3+. The van der Waals surface area contributed by atoms with Gasteiger partial charge in [0.25, 0.3) is 11.8 Å². The Labute approximate surface area is 173 Å². The van der Waals surface area contributed by atoms with Crippen LogP contribution in [0, 0.1) is 5.92 Å². The number of rotatable bonds is 10. The van der Waals surface area contributed by atoms with Crippen LogP contribution in [0.2, 0.25) is 0 Å². The lowest BCUT2D eigenvalue weighted by molar-refractivity contribution is -0.862. The number of carbonyl (C=O) groups is 2. The Morgan fingerprint density at radius 1 is 1.00 bits per heavy atom. The molecule has 0 spiro atoms. The van der Waals surface area contributed by atoms with Gasteiger partial charge in [0, 0.05) is 11.8 Å². The molecule has 0 aliphatic carbocycles. The molecule has 0 fully saturated rings. The third-order valence-corrected chi connectivity index (χ3v) is 4.52. The van der Waals surface area contributed by atoms with E-state index in [0.29, 0.717) is 17.4 Å². The second-order valence-electron chi connectivity index (χ2n) is 7.75. The van der Waals surface area contributed by atoms with Crippen molar-refractivity contribution in [2.45, 2.75) is 26.3 Å². The first-order valence-corrected chi connectivity index (χ1v) is 9.97. The van der Waals surface area contributed by atoms with E-state index in [4.69, 9.17) is 4.74 Å². The van der Waals surface area contributed by atoms with Crippen molar-refractivity contribution in [3.8, 4) is 5.75 Å². The molecule has 0 radical (unpaired) electrons. The van der Waals surface area contributed by atoms with E-state index in [0.717, 1.165) is 16.9 Å². The van der Waals surface area contributed by atoms with Gasteiger partial charge in [-0.1, -0.05) is 50.2 Å². The zero-order valence-electron chi connectivity index (χ0n) is 17.7. The summed E-state index contributed by atoms with van der Waals surface area (Å²) >= 11 is 0. The number of hydrogen-bond acceptors (Lipinski definition) is 3. The predicted octanol–water partition coefficient (Wildman–Crippen LogP) is 2.05. The van der Waals surface area contributed by atoms with E-state index in [1.54, 1.807) is 19.2 Å². The summed E-state index contributed by atoms with van der Waals surface area (Å²) in [7, 11) is 3.42. The molecule has 0 aliphatic rings. The highest BCUT2D eigenvalue weighted by Gasteiger charge is 2.19. The second-order valence-corrected chi connectivity index (χ2v) is 7.75. The Morgan fingerprint density at radius 2 is 1.69 bits per heavy atom. The average molecular weight is 399 g/mol. The van der Waals surface area contributed by atoms with E-state index in [-0.39, 0.29) is 30.9 Å². The lowest BCUT2D eigenvalue weighted by Gasteiger charge is -2.22. The molecule has 156 valence electrons. The summed E-state index contributed by atoms with van der Waals surface area (Å²) in [5, 5.41) is 5.97. The van der Waals surface area contributed by atoms with Crippen molar-refractivity contribution < 1.29 is 19.2 Å².